The van der Waals surface area contributed by atoms with E-state index in [1.54, 1.807) is 31.8 Å². The Kier molecular flexibility index (Phi) is 7.79. The molecule has 0 saturated carbocycles. The number of furan rings is 1. The summed E-state index contributed by atoms with van der Waals surface area (Å²) in [6.45, 7) is 3.05. The van der Waals surface area contributed by atoms with Crippen LogP contribution in [0.2, 0.25) is 0 Å². The van der Waals surface area contributed by atoms with Crippen LogP contribution in [0.1, 0.15) is 36.3 Å². The summed E-state index contributed by atoms with van der Waals surface area (Å²) in [6.07, 6.45) is 5.08. The molecule has 38 heavy (non-hydrogen) atoms. The highest BCUT2D eigenvalue weighted by Gasteiger charge is 2.25. The summed E-state index contributed by atoms with van der Waals surface area (Å²) in [5.74, 6) is 2.16. The number of rotatable bonds is 11. The molecule has 196 valence electrons. The lowest BCUT2D eigenvalue weighted by molar-refractivity contribution is -0.133. The number of carbonyl (C=O) groups excluding carboxylic acids is 1. The Balaban J connectivity index is 1.40. The van der Waals surface area contributed by atoms with Crippen LogP contribution in [-0.2, 0) is 17.8 Å². The van der Waals surface area contributed by atoms with Gasteiger partial charge in [0.05, 0.1) is 38.6 Å². The molecule has 0 aliphatic rings. The number of nitrogens with zero attached hydrogens (tertiary/aromatic N) is 3. The molecule has 0 N–H and O–H groups in total. The van der Waals surface area contributed by atoms with Crippen LogP contribution < -0.4 is 9.47 Å². The largest absolute Gasteiger partial charge is 0.497 e. The van der Waals surface area contributed by atoms with Crippen LogP contribution in [0.3, 0.4) is 0 Å². The van der Waals surface area contributed by atoms with Gasteiger partial charge < -0.3 is 18.8 Å². The molecule has 1 unspecified atom stereocenters. The Morgan fingerprint density at radius 1 is 1.11 bits per heavy atom. The minimum absolute atomic E-state index is 0.106. The minimum atomic E-state index is -0.200. The van der Waals surface area contributed by atoms with Gasteiger partial charge in [-0.15, -0.1) is 11.3 Å². The van der Waals surface area contributed by atoms with E-state index in [1.165, 1.54) is 0 Å². The maximum atomic E-state index is 13.8. The fraction of sp³-hybridized carbons (Fsp3) is 0.267. The quantitative estimate of drug-likeness (QED) is 0.197. The maximum Gasteiger partial charge on any atom is 0.230 e. The molecule has 0 aliphatic heterocycles. The highest BCUT2D eigenvalue weighted by molar-refractivity contribution is 7.15. The number of carbonyl (C=O) groups is 1. The van der Waals surface area contributed by atoms with Gasteiger partial charge in [0, 0.05) is 35.8 Å². The van der Waals surface area contributed by atoms with Crippen LogP contribution >= 0.6 is 11.3 Å². The zero-order chi connectivity index (χ0) is 26.5. The molecule has 3 heterocycles. The molecule has 0 aliphatic carbocycles. The molecule has 0 bridgehead atoms. The number of aromatic nitrogens is 2. The molecule has 5 rings (SSSR count). The fourth-order valence-electron chi connectivity index (χ4n) is 4.72. The van der Waals surface area contributed by atoms with Crippen molar-refractivity contribution < 1.29 is 18.7 Å². The first-order chi connectivity index (χ1) is 18.6. The normalized spacial score (nSPS) is 12.0. The second-order valence-corrected chi connectivity index (χ2v) is 9.87. The Bertz CT molecular complexity index is 1490. The van der Waals surface area contributed by atoms with Gasteiger partial charge in [-0.3, -0.25) is 9.20 Å². The van der Waals surface area contributed by atoms with Crippen molar-refractivity contribution in [2.24, 2.45) is 0 Å². The third kappa shape index (κ3) is 5.31. The lowest BCUT2D eigenvalue weighted by Gasteiger charge is -2.26. The summed E-state index contributed by atoms with van der Waals surface area (Å²) in [5.41, 5.74) is 3.81. The highest BCUT2D eigenvalue weighted by Crippen LogP contribution is 2.34. The zero-order valence-corrected chi connectivity index (χ0v) is 22.6. The molecule has 0 fully saturated rings. The molecular weight excluding hydrogens is 498 g/mol. The molecule has 0 saturated heterocycles. The van der Waals surface area contributed by atoms with E-state index in [0.717, 1.165) is 51.2 Å². The standard InChI is InChI=1S/C30H31N3O4S/c1-4-25(21-9-6-5-7-10-21)29(34)32(18-24-11-8-16-37-24)15-14-22-20-38-30-31-27(19-33(22)30)26-17-23(35-2)12-13-28(26)36-3/h5-13,16-17,19-20,25H,4,14-15,18H2,1-3H3. The second kappa shape index (κ2) is 11.6. The van der Waals surface area contributed by atoms with Crippen molar-refractivity contribution in [2.75, 3.05) is 20.8 Å². The summed E-state index contributed by atoms with van der Waals surface area (Å²) in [7, 11) is 3.30. The van der Waals surface area contributed by atoms with Gasteiger partial charge in [-0.05, 0) is 42.3 Å². The smallest absolute Gasteiger partial charge is 0.230 e. The number of fused-ring (bicyclic) bond motifs is 1. The van der Waals surface area contributed by atoms with Crippen molar-refractivity contribution >= 4 is 22.2 Å². The number of hydrogen-bond acceptors (Lipinski definition) is 6. The Morgan fingerprint density at radius 2 is 1.95 bits per heavy atom. The van der Waals surface area contributed by atoms with Crippen molar-refractivity contribution in [3.8, 4) is 22.8 Å². The summed E-state index contributed by atoms with van der Waals surface area (Å²) in [6, 6.07) is 19.5. The van der Waals surface area contributed by atoms with E-state index in [1.807, 2.05) is 71.8 Å². The van der Waals surface area contributed by atoms with E-state index in [-0.39, 0.29) is 11.8 Å². The second-order valence-electron chi connectivity index (χ2n) is 9.03. The third-order valence-corrected chi connectivity index (χ3v) is 7.64. The Hall–Kier alpha value is -4.04. The summed E-state index contributed by atoms with van der Waals surface area (Å²) >= 11 is 1.58. The number of methoxy groups -OCH3 is 2. The van der Waals surface area contributed by atoms with Gasteiger partial charge in [0.2, 0.25) is 5.91 Å². The lowest BCUT2D eigenvalue weighted by atomic mass is 9.95. The van der Waals surface area contributed by atoms with Gasteiger partial charge in [0.25, 0.3) is 0 Å². The van der Waals surface area contributed by atoms with Gasteiger partial charge >= 0.3 is 0 Å². The van der Waals surface area contributed by atoms with Crippen LogP contribution in [0.5, 0.6) is 11.5 Å². The van der Waals surface area contributed by atoms with Crippen molar-refractivity contribution in [3.63, 3.8) is 0 Å². The lowest BCUT2D eigenvalue weighted by Crippen LogP contribution is -2.36. The van der Waals surface area contributed by atoms with Crippen LogP contribution in [0.15, 0.2) is 82.9 Å². The van der Waals surface area contributed by atoms with Gasteiger partial charge in [-0.1, -0.05) is 37.3 Å². The van der Waals surface area contributed by atoms with E-state index in [4.69, 9.17) is 18.9 Å². The van der Waals surface area contributed by atoms with Crippen LogP contribution in [0.25, 0.3) is 16.2 Å². The monoisotopic (exact) mass is 529 g/mol. The minimum Gasteiger partial charge on any atom is -0.497 e. The van der Waals surface area contributed by atoms with Crippen LogP contribution in [0.4, 0.5) is 0 Å². The number of hydrogen-bond donors (Lipinski definition) is 0. The first-order valence-corrected chi connectivity index (χ1v) is 13.5. The van der Waals surface area contributed by atoms with Crippen molar-refractivity contribution in [1.29, 1.82) is 0 Å². The van der Waals surface area contributed by atoms with Crippen LogP contribution in [-0.4, -0.2) is 41.0 Å². The summed E-state index contributed by atoms with van der Waals surface area (Å²) in [4.78, 5) is 21.4. The van der Waals surface area contributed by atoms with E-state index in [2.05, 4.69) is 16.7 Å². The number of amides is 1. The summed E-state index contributed by atoms with van der Waals surface area (Å²) < 4.78 is 18.7. The van der Waals surface area contributed by atoms with Crippen molar-refractivity contribution in [3.05, 3.63) is 95.5 Å². The molecule has 1 amide bonds. The van der Waals surface area contributed by atoms with Crippen molar-refractivity contribution in [2.45, 2.75) is 32.2 Å². The molecule has 8 heteroatoms. The van der Waals surface area contributed by atoms with Gasteiger partial charge in [0.1, 0.15) is 17.3 Å². The molecular formula is C30H31N3O4S. The van der Waals surface area contributed by atoms with E-state index < -0.39 is 0 Å². The fourth-order valence-corrected chi connectivity index (χ4v) is 5.63. The average molecular weight is 530 g/mol. The predicted molar refractivity (Wildman–Crippen MR) is 149 cm³/mol. The zero-order valence-electron chi connectivity index (χ0n) is 21.8. The maximum absolute atomic E-state index is 13.8. The molecule has 7 nitrogen and oxygen atoms in total. The van der Waals surface area contributed by atoms with Gasteiger partial charge in [0.15, 0.2) is 4.96 Å². The molecule has 2 aromatic carbocycles. The van der Waals surface area contributed by atoms with Crippen LogP contribution in [0, 0.1) is 0 Å². The Morgan fingerprint density at radius 3 is 2.66 bits per heavy atom. The molecule has 1 atom stereocenters. The third-order valence-electron chi connectivity index (χ3n) is 6.75. The van der Waals surface area contributed by atoms with E-state index in [0.29, 0.717) is 19.5 Å². The average Bonchev–Trinajstić information content (AvgIpc) is 3.70. The van der Waals surface area contributed by atoms with E-state index >= 15 is 0 Å². The number of benzene rings is 2. The Labute approximate surface area is 226 Å². The van der Waals surface area contributed by atoms with Gasteiger partial charge in [-0.2, -0.15) is 0 Å². The predicted octanol–water partition coefficient (Wildman–Crippen LogP) is 6.44. The number of ether oxygens (including phenoxy) is 2. The summed E-state index contributed by atoms with van der Waals surface area (Å²) in [5, 5.41) is 2.11. The highest BCUT2D eigenvalue weighted by atomic mass is 32.1. The number of imidazole rings is 1. The first kappa shape index (κ1) is 25.6. The van der Waals surface area contributed by atoms with E-state index in [9.17, 15) is 4.79 Å². The number of thiazole rings is 1. The topological polar surface area (TPSA) is 69.2 Å². The molecule has 0 spiro atoms. The van der Waals surface area contributed by atoms with Crippen molar-refractivity contribution in [1.82, 2.24) is 14.3 Å². The van der Waals surface area contributed by atoms with Gasteiger partial charge in [-0.25, -0.2) is 4.98 Å². The first-order valence-electron chi connectivity index (χ1n) is 12.6. The molecule has 5 aromatic rings. The molecule has 0 radical (unpaired) electrons. The SMILES string of the molecule is CCC(C(=O)N(CCc1csc2nc(-c3cc(OC)ccc3OC)cn12)Cc1ccco1)c1ccccc1. The molecule has 3 aromatic heterocycles.